The number of carbonyl (C=O) groups excluding carboxylic acids is 1. The Balaban J connectivity index is 1.45. The van der Waals surface area contributed by atoms with Crippen LogP contribution in [0.25, 0.3) is 0 Å². The highest BCUT2D eigenvalue weighted by Crippen LogP contribution is 2.22. The number of hydrazone groups is 1. The van der Waals surface area contributed by atoms with E-state index in [0.717, 1.165) is 41.9 Å². The number of carbonyl (C=O) groups is 1. The van der Waals surface area contributed by atoms with Crippen molar-refractivity contribution in [1.82, 2.24) is 5.43 Å². The van der Waals surface area contributed by atoms with E-state index in [2.05, 4.69) is 22.7 Å². The van der Waals surface area contributed by atoms with Crippen LogP contribution in [0.4, 0.5) is 0 Å². The number of ether oxygens (including phenoxy) is 1. The molecular formula is C21H23ClN2O2. The highest BCUT2D eigenvalue weighted by molar-refractivity contribution is 6.30. The van der Waals surface area contributed by atoms with Gasteiger partial charge in [0, 0.05) is 17.0 Å². The lowest BCUT2D eigenvalue weighted by atomic mass is 9.90. The number of nitrogens with one attached hydrogen (secondary N) is 1. The second-order valence-corrected chi connectivity index (χ2v) is 6.90. The molecule has 1 aliphatic rings. The van der Waals surface area contributed by atoms with E-state index in [1.165, 1.54) is 5.56 Å². The van der Waals surface area contributed by atoms with Crippen LogP contribution in [0.3, 0.4) is 0 Å². The Morgan fingerprint density at radius 2 is 2.08 bits per heavy atom. The van der Waals surface area contributed by atoms with Crippen LogP contribution in [-0.2, 0) is 11.2 Å². The van der Waals surface area contributed by atoms with Gasteiger partial charge in [-0.2, -0.15) is 5.10 Å². The Hall–Kier alpha value is -2.33. The summed E-state index contributed by atoms with van der Waals surface area (Å²) in [5, 5.41) is 5.04. The van der Waals surface area contributed by atoms with Crippen LogP contribution in [0.15, 0.2) is 47.6 Å². The number of benzene rings is 2. The normalized spacial score (nSPS) is 14.8. The standard InChI is InChI=1S/C21H23ClN2O2/c1-15-14-17(22)11-12-20(15)26-13-5-10-21(25)24-23-19-9-4-7-16-6-2-3-8-18(16)19/h2-3,6,8,11-12,14H,4-5,7,9-10,13H2,1H3,(H,24,25)/b23-19-. The third-order valence-corrected chi connectivity index (χ3v) is 4.68. The summed E-state index contributed by atoms with van der Waals surface area (Å²) in [5.41, 5.74) is 7.10. The number of rotatable bonds is 6. The number of aryl methyl sites for hydroxylation is 2. The lowest BCUT2D eigenvalue weighted by Crippen LogP contribution is -2.22. The van der Waals surface area contributed by atoms with Crippen LogP contribution in [0.2, 0.25) is 5.02 Å². The second kappa shape index (κ2) is 8.86. The second-order valence-electron chi connectivity index (χ2n) is 6.47. The third kappa shape index (κ3) is 4.85. The van der Waals surface area contributed by atoms with Crippen LogP contribution in [0, 0.1) is 6.92 Å². The first-order valence-electron chi connectivity index (χ1n) is 8.96. The molecule has 4 nitrogen and oxygen atoms in total. The van der Waals surface area contributed by atoms with Crippen molar-refractivity contribution in [2.45, 2.75) is 39.0 Å². The molecule has 2 aromatic carbocycles. The molecule has 3 rings (SSSR count). The van der Waals surface area contributed by atoms with E-state index in [-0.39, 0.29) is 5.91 Å². The minimum Gasteiger partial charge on any atom is -0.493 e. The van der Waals surface area contributed by atoms with Gasteiger partial charge in [-0.1, -0.05) is 35.9 Å². The average molecular weight is 371 g/mol. The molecule has 0 aliphatic heterocycles. The van der Waals surface area contributed by atoms with Crippen molar-refractivity contribution in [3.05, 3.63) is 64.2 Å². The summed E-state index contributed by atoms with van der Waals surface area (Å²) in [6.45, 7) is 2.43. The van der Waals surface area contributed by atoms with Crippen molar-refractivity contribution in [2.24, 2.45) is 5.10 Å². The van der Waals surface area contributed by atoms with Crippen LogP contribution < -0.4 is 10.2 Å². The first kappa shape index (κ1) is 18.5. The molecule has 0 bridgehead atoms. The molecule has 0 unspecified atom stereocenters. The van der Waals surface area contributed by atoms with E-state index in [1.54, 1.807) is 6.07 Å². The van der Waals surface area contributed by atoms with Gasteiger partial charge in [-0.15, -0.1) is 0 Å². The molecule has 1 amide bonds. The molecule has 0 radical (unpaired) electrons. The summed E-state index contributed by atoms with van der Waals surface area (Å²) in [7, 11) is 0. The molecule has 0 fully saturated rings. The lowest BCUT2D eigenvalue weighted by Gasteiger charge is -2.17. The van der Waals surface area contributed by atoms with Crippen molar-refractivity contribution < 1.29 is 9.53 Å². The third-order valence-electron chi connectivity index (χ3n) is 4.45. The Morgan fingerprint density at radius 1 is 1.23 bits per heavy atom. The van der Waals surface area contributed by atoms with E-state index in [9.17, 15) is 4.79 Å². The van der Waals surface area contributed by atoms with Gasteiger partial charge in [0.1, 0.15) is 5.75 Å². The van der Waals surface area contributed by atoms with Gasteiger partial charge in [0.25, 0.3) is 0 Å². The van der Waals surface area contributed by atoms with Crippen molar-refractivity contribution in [2.75, 3.05) is 6.61 Å². The molecule has 26 heavy (non-hydrogen) atoms. The van der Waals surface area contributed by atoms with Crippen molar-refractivity contribution in [3.8, 4) is 5.75 Å². The number of halogens is 1. The van der Waals surface area contributed by atoms with Gasteiger partial charge in [0.2, 0.25) is 5.91 Å². The first-order chi connectivity index (χ1) is 12.6. The molecule has 0 atom stereocenters. The minimum atomic E-state index is -0.0861. The molecule has 1 aliphatic carbocycles. The zero-order valence-corrected chi connectivity index (χ0v) is 15.7. The predicted octanol–water partition coefficient (Wildman–Crippen LogP) is 4.66. The number of nitrogens with zero attached hydrogens (tertiary/aromatic N) is 1. The van der Waals surface area contributed by atoms with Gasteiger partial charge in [0.15, 0.2) is 0 Å². The van der Waals surface area contributed by atoms with E-state index >= 15 is 0 Å². The molecular weight excluding hydrogens is 348 g/mol. The van der Waals surface area contributed by atoms with Crippen LogP contribution in [0.1, 0.15) is 42.4 Å². The lowest BCUT2D eigenvalue weighted by molar-refractivity contribution is -0.121. The maximum Gasteiger partial charge on any atom is 0.240 e. The number of hydrogen-bond donors (Lipinski definition) is 1. The van der Waals surface area contributed by atoms with Gasteiger partial charge in [-0.05, 0) is 61.9 Å². The zero-order chi connectivity index (χ0) is 18.4. The summed E-state index contributed by atoms with van der Waals surface area (Å²) in [6.07, 6.45) is 4.06. The summed E-state index contributed by atoms with van der Waals surface area (Å²) in [5.74, 6) is 0.714. The van der Waals surface area contributed by atoms with Crippen molar-refractivity contribution in [1.29, 1.82) is 0 Å². The molecule has 2 aromatic rings. The predicted molar refractivity (Wildman–Crippen MR) is 105 cm³/mol. The van der Waals surface area contributed by atoms with Gasteiger partial charge in [0.05, 0.1) is 12.3 Å². The van der Waals surface area contributed by atoms with E-state index in [1.807, 2.05) is 31.2 Å². The van der Waals surface area contributed by atoms with Gasteiger partial charge >= 0.3 is 0 Å². The summed E-state index contributed by atoms with van der Waals surface area (Å²) < 4.78 is 5.71. The number of hydrogen-bond acceptors (Lipinski definition) is 3. The van der Waals surface area contributed by atoms with E-state index in [4.69, 9.17) is 16.3 Å². The Kier molecular flexibility index (Phi) is 6.29. The maximum absolute atomic E-state index is 12.0. The van der Waals surface area contributed by atoms with Gasteiger partial charge in [-0.3, -0.25) is 4.79 Å². The van der Waals surface area contributed by atoms with Gasteiger partial charge in [-0.25, -0.2) is 5.43 Å². The van der Waals surface area contributed by atoms with Crippen molar-refractivity contribution in [3.63, 3.8) is 0 Å². The molecule has 136 valence electrons. The highest BCUT2D eigenvalue weighted by atomic mass is 35.5. The molecule has 0 saturated heterocycles. The number of fused-ring (bicyclic) bond motifs is 1. The first-order valence-corrected chi connectivity index (χ1v) is 9.34. The quantitative estimate of drug-likeness (QED) is 0.593. The minimum absolute atomic E-state index is 0.0861. The summed E-state index contributed by atoms with van der Waals surface area (Å²) in [6, 6.07) is 13.8. The number of amides is 1. The van der Waals surface area contributed by atoms with Crippen LogP contribution in [0.5, 0.6) is 5.75 Å². The molecule has 0 spiro atoms. The van der Waals surface area contributed by atoms with Crippen LogP contribution >= 0.6 is 11.6 Å². The Labute approximate surface area is 159 Å². The molecule has 1 N–H and O–H groups in total. The summed E-state index contributed by atoms with van der Waals surface area (Å²) in [4.78, 5) is 12.0. The smallest absolute Gasteiger partial charge is 0.240 e. The maximum atomic E-state index is 12.0. The molecule has 0 aromatic heterocycles. The van der Waals surface area contributed by atoms with E-state index in [0.29, 0.717) is 24.5 Å². The van der Waals surface area contributed by atoms with Crippen molar-refractivity contribution >= 4 is 23.2 Å². The fraction of sp³-hybridized carbons (Fsp3) is 0.333. The molecule has 5 heteroatoms. The van der Waals surface area contributed by atoms with Crippen LogP contribution in [-0.4, -0.2) is 18.2 Å². The van der Waals surface area contributed by atoms with E-state index < -0.39 is 0 Å². The zero-order valence-electron chi connectivity index (χ0n) is 14.9. The Morgan fingerprint density at radius 3 is 2.92 bits per heavy atom. The largest absolute Gasteiger partial charge is 0.493 e. The Bertz CT molecular complexity index is 817. The van der Waals surface area contributed by atoms with Gasteiger partial charge < -0.3 is 4.74 Å². The monoisotopic (exact) mass is 370 g/mol. The fourth-order valence-electron chi connectivity index (χ4n) is 3.09. The average Bonchev–Trinajstić information content (AvgIpc) is 2.65. The summed E-state index contributed by atoms with van der Waals surface area (Å²) >= 11 is 5.93. The fourth-order valence-corrected chi connectivity index (χ4v) is 3.32. The SMILES string of the molecule is Cc1cc(Cl)ccc1OCCCC(=O)N/N=C1/CCCc2ccccc21. The molecule has 0 saturated carbocycles. The highest BCUT2D eigenvalue weighted by Gasteiger charge is 2.15. The topological polar surface area (TPSA) is 50.7 Å². The molecule has 0 heterocycles.